The molecule has 0 aliphatic carbocycles. The van der Waals surface area contributed by atoms with Crippen molar-refractivity contribution in [3.63, 3.8) is 0 Å². The first-order valence-electron chi connectivity index (χ1n) is 1.99. The van der Waals surface area contributed by atoms with Crippen molar-refractivity contribution in [1.82, 2.24) is 0 Å². The van der Waals surface area contributed by atoms with E-state index in [4.69, 9.17) is 5.73 Å². The minimum Gasteiger partial charge on any atom is -0.359 e. The van der Waals surface area contributed by atoms with Crippen LogP contribution in [0.15, 0.2) is 18.2 Å². The largest absolute Gasteiger partial charge is 0.359 e. The number of nitrogens with two attached hydrogens (primary N) is 1. The van der Waals surface area contributed by atoms with Crippen molar-refractivity contribution < 1.29 is 4.79 Å². The molecule has 0 rings (SSSR count). The normalized spacial score (nSPS) is 7.00. The Hall–Kier alpha value is -1.45. The molecule has 0 saturated heterocycles. The highest BCUT2D eigenvalue weighted by molar-refractivity contribution is 5.49. The molecule has 0 radical (unpaired) electrons. The Morgan fingerprint density at radius 1 is 1.50 bits per heavy atom. The Kier molecular flexibility index (Phi) is 4.54. The first kappa shape index (κ1) is 6.55. The Bertz CT molecular complexity index is 176. The number of rotatable bonds is 1. The molecule has 0 fully saturated rings. The van der Waals surface area contributed by atoms with Crippen LogP contribution in [0.3, 0.4) is 0 Å². The van der Waals surface area contributed by atoms with Gasteiger partial charge in [0.1, 0.15) is 5.94 Å². The molecule has 2 heteroatoms. The summed E-state index contributed by atoms with van der Waals surface area (Å²) in [4.78, 5) is 9.46. The fourth-order valence-electron chi connectivity index (χ4n) is 0.184. The van der Waals surface area contributed by atoms with E-state index in [0.717, 1.165) is 0 Å². The molecule has 2 N–H and O–H groups in total. The predicted octanol–water partition coefficient (Wildman–Crippen LogP) is -0.150. The lowest BCUT2D eigenvalue weighted by Crippen LogP contribution is -1.73. The number of hydrogen-bond acceptors (Lipinski definition) is 2. The van der Waals surface area contributed by atoms with Gasteiger partial charge in [-0.3, -0.25) is 0 Å². The highest BCUT2D eigenvalue weighted by Crippen LogP contribution is 1.65. The van der Waals surface area contributed by atoms with Crippen LogP contribution in [-0.2, 0) is 4.79 Å². The van der Waals surface area contributed by atoms with Crippen LogP contribution in [0.25, 0.3) is 0 Å². The topological polar surface area (TPSA) is 43.1 Å². The lowest BCUT2D eigenvalue weighted by molar-refractivity contribution is 0.569. The summed E-state index contributed by atoms with van der Waals surface area (Å²) in [6, 6.07) is 2.14. The summed E-state index contributed by atoms with van der Waals surface area (Å²) in [5.74, 6) is 3.98. The van der Waals surface area contributed by atoms with Crippen LogP contribution >= 0.6 is 0 Å². The maximum absolute atomic E-state index is 9.46. The van der Waals surface area contributed by atoms with Crippen LogP contribution in [0.1, 0.15) is 0 Å². The minimum absolute atomic E-state index is 1.21. The summed E-state index contributed by atoms with van der Waals surface area (Å²) < 4.78 is 0. The molecule has 8 heavy (non-hydrogen) atoms. The molecule has 0 bridgehead atoms. The van der Waals surface area contributed by atoms with Gasteiger partial charge < -0.3 is 5.73 Å². The van der Waals surface area contributed by atoms with Gasteiger partial charge in [0.2, 0.25) is 0 Å². The zero-order valence-electron chi connectivity index (χ0n) is 4.22. The minimum atomic E-state index is 1.21. The Morgan fingerprint density at radius 3 is 2.75 bits per heavy atom. The van der Waals surface area contributed by atoms with Crippen LogP contribution in [0.2, 0.25) is 0 Å². The fraction of sp³-hybridized carbons (Fsp3) is 0. The summed E-state index contributed by atoms with van der Waals surface area (Å²) >= 11 is 0. The van der Waals surface area contributed by atoms with Gasteiger partial charge in [-0.2, -0.15) is 0 Å². The van der Waals surface area contributed by atoms with Crippen molar-refractivity contribution in [3.8, 4) is 12.0 Å². The van der Waals surface area contributed by atoms with E-state index in [0.29, 0.717) is 0 Å². The zero-order valence-corrected chi connectivity index (χ0v) is 4.22. The van der Waals surface area contributed by atoms with E-state index in [9.17, 15) is 4.79 Å². The Balaban J connectivity index is 3.61. The molecular formula is C6H5NO. The molecule has 0 unspecified atom stereocenters. The molecule has 0 aromatic rings. The van der Waals surface area contributed by atoms with Gasteiger partial charge in [0.15, 0.2) is 0 Å². The number of allylic oxidation sites excluding steroid dienone is 3. The van der Waals surface area contributed by atoms with E-state index in [-0.39, 0.29) is 0 Å². The second-order valence-electron chi connectivity index (χ2n) is 0.932. The first-order chi connectivity index (χ1) is 3.91. The van der Waals surface area contributed by atoms with Crippen molar-refractivity contribution in [2.24, 2.45) is 5.73 Å². The van der Waals surface area contributed by atoms with Crippen molar-refractivity contribution in [2.45, 2.75) is 0 Å². The molecule has 0 aromatic carbocycles. The number of hydrogen-bond donors (Lipinski definition) is 1. The van der Waals surface area contributed by atoms with Gasteiger partial charge in [0.05, 0.1) is 0 Å². The van der Waals surface area contributed by atoms with E-state index < -0.39 is 0 Å². The van der Waals surface area contributed by atoms with E-state index in [2.05, 4.69) is 12.0 Å². The monoisotopic (exact) mass is 107 g/mol. The second-order valence-corrected chi connectivity index (χ2v) is 0.932. The third kappa shape index (κ3) is 4.55. The van der Waals surface area contributed by atoms with Gasteiger partial charge in [-0.15, -0.1) is 0 Å². The number of carbonyl (C=O) groups excluding carboxylic acids is 1. The fourth-order valence-corrected chi connectivity index (χ4v) is 0.184. The maximum Gasteiger partial charge on any atom is 0.124 e. The molecule has 0 aromatic heterocycles. The Morgan fingerprint density at radius 2 is 2.25 bits per heavy atom. The Labute approximate surface area is 47.7 Å². The van der Waals surface area contributed by atoms with Crippen LogP contribution in [0.4, 0.5) is 0 Å². The van der Waals surface area contributed by atoms with Crippen LogP contribution in [0.5, 0.6) is 0 Å². The summed E-state index contributed by atoms with van der Waals surface area (Å²) in [6.45, 7) is 0. The van der Waals surface area contributed by atoms with E-state index in [1.165, 1.54) is 18.2 Å². The van der Waals surface area contributed by atoms with Gasteiger partial charge in [0, 0.05) is 12.1 Å². The molecule has 40 valence electrons. The molecule has 0 atom stereocenters. The summed E-state index contributed by atoms with van der Waals surface area (Å²) in [7, 11) is 0. The SMILES string of the molecule is NC#C/C=C/C=C=O. The van der Waals surface area contributed by atoms with Crippen molar-refractivity contribution in [3.05, 3.63) is 18.2 Å². The van der Waals surface area contributed by atoms with Crippen molar-refractivity contribution in [2.75, 3.05) is 0 Å². The summed E-state index contributed by atoms with van der Waals surface area (Å²) in [6.07, 6.45) is 4.14. The standard InChI is InChI=1S/C6H5NO/c7-5-3-1-2-4-6-8/h1-2,4H,7H2/b2-1+. The highest BCUT2D eigenvalue weighted by atomic mass is 16.1. The van der Waals surface area contributed by atoms with Gasteiger partial charge in [-0.05, 0) is 12.2 Å². The van der Waals surface area contributed by atoms with Crippen LogP contribution in [0, 0.1) is 12.0 Å². The van der Waals surface area contributed by atoms with Crippen molar-refractivity contribution >= 4 is 5.94 Å². The average Bonchev–Trinajstić information content (AvgIpc) is 1.81. The zero-order chi connectivity index (χ0) is 6.24. The molecule has 0 aliphatic rings. The molecule has 0 saturated carbocycles. The highest BCUT2D eigenvalue weighted by Gasteiger charge is 1.55. The van der Waals surface area contributed by atoms with Gasteiger partial charge in [0.25, 0.3) is 0 Å². The molecular weight excluding hydrogens is 102 g/mol. The molecule has 0 aliphatic heterocycles. The molecule has 2 nitrogen and oxygen atoms in total. The third-order valence-corrected chi connectivity index (χ3v) is 0.427. The lowest BCUT2D eigenvalue weighted by atomic mass is 10.5. The average molecular weight is 107 g/mol. The second kappa shape index (κ2) is 5.55. The van der Waals surface area contributed by atoms with Crippen molar-refractivity contribution in [1.29, 1.82) is 0 Å². The lowest BCUT2D eigenvalue weighted by Gasteiger charge is -1.59. The van der Waals surface area contributed by atoms with Gasteiger partial charge in [-0.25, -0.2) is 4.79 Å². The van der Waals surface area contributed by atoms with Gasteiger partial charge in [-0.1, -0.05) is 5.92 Å². The smallest absolute Gasteiger partial charge is 0.124 e. The predicted molar refractivity (Wildman–Crippen MR) is 31.4 cm³/mol. The quantitative estimate of drug-likeness (QED) is 0.219. The van der Waals surface area contributed by atoms with Gasteiger partial charge >= 0.3 is 0 Å². The molecule has 0 heterocycles. The van der Waals surface area contributed by atoms with E-state index in [1.54, 1.807) is 5.94 Å². The maximum atomic E-state index is 9.46. The summed E-state index contributed by atoms with van der Waals surface area (Å²) in [5.41, 5.74) is 4.79. The first-order valence-corrected chi connectivity index (χ1v) is 1.99. The summed E-state index contributed by atoms with van der Waals surface area (Å²) in [5, 5.41) is 0. The molecule has 0 spiro atoms. The third-order valence-electron chi connectivity index (χ3n) is 0.427. The van der Waals surface area contributed by atoms with Crippen LogP contribution in [-0.4, -0.2) is 5.94 Å². The van der Waals surface area contributed by atoms with E-state index >= 15 is 0 Å². The molecule has 0 amide bonds. The van der Waals surface area contributed by atoms with E-state index in [1.807, 2.05) is 0 Å². The van der Waals surface area contributed by atoms with Crippen LogP contribution < -0.4 is 5.73 Å².